The molecule has 34 heavy (non-hydrogen) atoms. The zero-order valence-electron chi connectivity index (χ0n) is 18.8. The summed E-state index contributed by atoms with van der Waals surface area (Å²) in [6.45, 7) is 0.660. The van der Waals surface area contributed by atoms with Crippen molar-refractivity contribution in [2.24, 2.45) is 0 Å². The Morgan fingerprint density at radius 1 is 0.882 bits per heavy atom. The molecule has 1 aromatic heterocycles. The lowest BCUT2D eigenvalue weighted by atomic mass is 10.0. The van der Waals surface area contributed by atoms with Gasteiger partial charge >= 0.3 is 0 Å². The van der Waals surface area contributed by atoms with Crippen LogP contribution in [0.25, 0.3) is 11.1 Å². The van der Waals surface area contributed by atoms with Crippen LogP contribution in [0.3, 0.4) is 0 Å². The summed E-state index contributed by atoms with van der Waals surface area (Å²) in [4.78, 5) is 26.5. The molecule has 0 unspecified atom stereocenters. The number of carbonyl (C=O) groups is 2. The molecule has 2 heterocycles. The maximum atomic E-state index is 12.7. The molecule has 0 atom stereocenters. The predicted octanol–water partition coefficient (Wildman–Crippen LogP) is 6.54. The summed E-state index contributed by atoms with van der Waals surface area (Å²) in [6.07, 6.45) is 1.95. The minimum absolute atomic E-state index is 0.0224. The van der Waals surface area contributed by atoms with Gasteiger partial charge in [0.1, 0.15) is 5.75 Å². The molecule has 0 spiro atoms. The van der Waals surface area contributed by atoms with Gasteiger partial charge in [-0.05, 0) is 46.5 Å². The van der Waals surface area contributed by atoms with Gasteiger partial charge in [-0.15, -0.1) is 11.3 Å². The lowest BCUT2D eigenvalue weighted by molar-refractivity contribution is -0.116. The van der Waals surface area contributed by atoms with Crippen molar-refractivity contribution >= 4 is 28.0 Å². The molecule has 170 valence electrons. The monoisotopic (exact) mass is 467 g/mol. The summed E-state index contributed by atoms with van der Waals surface area (Å²) in [5.74, 6) is 0.684. The summed E-state index contributed by atoms with van der Waals surface area (Å²) in [5, 5.41) is 3.82. The Kier molecular flexibility index (Phi) is 6.54. The standard InChI is InChI=1S/C29H25NO3S/c31-25(22-11-13-26-23(18-22)15-16-33-26)12-14-28(32)30-29-19-24(21-9-5-2-6-10-21)27(34-29)17-20-7-3-1-4-8-20/h1-11,13,18-19H,12,14-17H2,(H,30,32). The van der Waals surface area contributed by atoms with Crippen LogP contribution in [0.4, 0.5) is 5.00 Å². The number of nitrogens with one attached hydrogen (secondary N) is 1. The van der Waals surface area contributed by atoms with Gasteiger partial charge in [-0.1, -0.05) is 60.7 Å². The van der Waals surface area contributed by atoms with E-state index in [9.17, 15) is 9.59 Å². The number of ketones is 1. The number of Topliss-reactive ketones (excluding diaryl/α,β-unsaturated/α-hetero) is 1. The molecule has 4 aromatic rings. The molecule has 0 fully saturated rings. The number of hydrogen-bond donors (Lipinski definition) is 1. The van der Waals surface area contributed by atoms with E-state index < -0.39 is 0 Å². The SMILES string of the molecule is O=C(CCC(=O)c1ccc2c(c1)CCO2)Nc1cc(-c2ccccc2)c(Cc2ccccc2)s1. The lowest BCUT2D eigenvalue weighted by Crippen LogP contribution is -2.12. The number of amides is 1. The first kappa shape index (κ1) is 22.1. The second-order valence-corrected chi connectivity index (χ2v) is 9.50. The van der Waals surface area contributed by atoms with E-state index in [0.717, 1.165) is 40.3 Å². The highest BCUT2D eigenvalue weighted by molar-refractivity contribution is 7.16. The van der Waals surface area contributed by atoms with Crippen LogP contribution in [0.1, 0.15) is 39.2 Å². The number of rotatable bonds is 8. The molecule has 1 aliphatic heterocycles. The molecule has 0 saturated heterocycles. The van der Waals surface area contributed by atoms with Crippen LogP contribution in [0.15, 0.2) is 84.9 Å². The first-order valence-electron chi connectivity index (χ1n) is 11.5. The van der Waals surface area contributed by atoms with Crippen LogP contribution >= 0.6 is 11.3 Å². The van der Waals surface area contributed by atoms with E-state index in [4.69, 9.17) is 4.74 Å². The van der Waals surface area contributed by atoms with Crippen molar-refractivity contribution < 1.29 is 14.3 Å². The highest BCUT2D eigenvalue weighted by Crippen LogP contribution is 2.36. The first-order valence-corrected chi connectivity index (χ1v) is 12.3. The summed E-state index contributed by atoms with van der Waals surface area (Å²) < 4.78 is 5.50. The van der Waals surface area contributed by atoms with Crippen LogP contribution < -0.4 is 10.1 Å². The average molecular weight is 468 g/mol. The number of anilines is 1. The van der Waals surface area contributed by atoms with Gasteiger partial charge in [0.2, 0.25) is 5.91 Å². The molecule has 5 rings (SSSR count). The number of carbonyl (C=O) groups excluding carboxylic acids is 2. The van der Waals surface area contributed by atoms with Gasteiger partial charge < -0.3 is 10.1 Å². The largest absolute Gasteiger partial charge is 0.493 e. The molecule has 0 saturated carbocycles. The van der Waals surface area contributed by atoms with Crippen molar-refractivity contribution in [3.63, 3.8) is 0 Å². The van der Waals surface area contributed by atoms with Crippen LogP contribution in [-0.4, -0.2) is 18.3 Å². The van der Waals surface area contributed by atoms with E-state index in [1.807, 2.05) is 54.6 Å². The summed E-state index contributed by atoms with van der Waals surface area (Å²) in [7, 11) is 0. The van der Waals surface area contributed by atoms with Crippen LogP contribution in [0.2, 0.25) is 0 Å². The maximum absolute atomic E-state index is 12.7. The Labute approximate surface area is 203 Å². The van der Waals surface area contributed by atoms with Gasteiger partial charge in [-0.25, -0.2) is 0 Å². The predicted molar refractivity (Wildman–Crippen MR) is 137 cm³/mol. The summed E-state index contributed by atoms with van der Waals surface area (Å²) in [5.41, 5.74) is 5.19. The zero-order chi connectivity index (χ0) is 23.3. The molecule has 0 aliphatic carbocycles. The van der Waals surface area contributed by atoms with Gasteiger partial charge in [0, 0.05) is 36.1 Å². The third kappa shape index (κ3) is 5.10. The number of hydrogen-bond acceptors (Lipinski definition) is 4. The Bertz CT molecular complexity index is 1310. The Morgan fingerprint density at radius 2 is 1.65 bits per heavy atom. The fourth-order valence-electron chi connectivity index (χ4n) is 4.20. The van der Waals surface area contributed by atoms with E-state index in [2.05, 4.69) is 29.6 Å². The molecule has 3 aromatic carbocycles. The third-order valence-electron chi connectivity index (χ3n) is 5.95. The van der Waals surface area contributed by atoms with Gasteiger partial charge in [0.25, 0.3) is 0 Å². The van der Waals surface area contributed by atoms with Crippen molar-refractivity contribution in [1.82, 2.24) is 0 Å². The molecule has 0 radical (unpaired) electrons. The van der Waals surface area contributed by atoms with E-state index in [-0.39, 0.29) is 24.5 Å². The van der Waals surface area contributed by atoms with Crippen LogP contribution in [0, 0.1) is 0 Å². The first-order chi connectivity index (χ1) is 16.7. The van der Waals surface area contributed by atoms with E-state index >= 15 is 0 Å². The lowest BCUT2D eigenvalue weighted by Gasteiger charge is -2.04. The number of fused-ring (bicyclic) bond motifs is 1. The van der Waals surface area contributed by atoms with Gasteiger partial charge in [-0.2, -0.15) is 0 Å². The molecule has 0 bridgehead atoms. The van der Waals surface area contributed by atoms with Crippen molar-refractivity contribution in [3.8, 4) is 16.9 Å². The van der Waals surface area contributed by atoms with Crippen molar-refractivity contribution in [1.29, 1.82) is 0 Å². The second kappa shape index (κ2) is 10.1. The topological polar surface area (TPSA) is 55.4 Å². The smallest absolute Gasteiger partial charge is 0.225 e. The van der Waals surface area contributed by atoms with Gasteiger partial charge in [0.15, 0.2) is 5.78 Å². The molecule has 1 aliphatic rings. The van der Waals surface area contributed by atoms with E-state index in [1.54, 1.807) is 17.4 Å². The molecule has 1 N–H and O–H groups in total. The molecular weight excluding hydrogens is 442 g/mol. The molecule has 5 heteroatoms. The van der Waals surface area contributed by atoms with Gasteiger partial charge in [-0.3, -0.25) is 9.59 Å². The van der Waals surface area contributed by atoms with Crippen molar-refractivity contribution in [2.75, 3.05) is 11.9 Å². The fraction of sp³-hybridized carbons (Fsp3) is 0.172. The third-order valence-corrected chi connectivity index (χ3v) is 7.00. The van der Waals surface area contributed by atoms with Crippen LogP contribution in [0.5, 0.6) is 5.75 Å². The molecule has 1 amide bonds. The quantitative estimate of drug-likeness (QED) is 0.299. The average Bonchev–Trinajstić information content (AvgIpc) is 3.50. The van der Waals surface area contributed by atoms with E-state index in [0.29, 0.717) is 12.2 Å². The number of benzene rings is 3. The Balaban J connectivity index is 1.27. The summed E-state index contributed by atoms with van der Waals surface area (Å²) in [6, 6.07) is 28.1. The van der Waals surface area contributed by atoms with Crippen molar-refractivity contribution in [2.45, 2.75) is 25.7 Å². The van der Waals surface area contributed by atoms with Crippen molar-refractivity contribution in [3.05, 3.63) is 106 Å². The highest BCUT2D eigenvalue weighted by atomic mass is 32.1. The zero-order valence-corrected chi connectivity index (χ0v) is 19.6. The highest BCUT2D eigenvalue weighted by Gasteiger charge is 2.17. The Morgan fingerprint density at radius 3 is 2.44 bits per heavy atom. The minimum Gasteiger partial charge on any atom is -0.493 e. The normalized spacial score (nSPS) is 12.1. The van der Waals surface area contributed by atoms with Gasteiger partial charge in [0.05, 0.1) is 11.6 Å². The van der Waals surface area contributed by atoms with E-state index in [1.165, 1.54) is 10.4 Å². The number of thiophene rings is 1. The summed E-state index contributed by atoms with van der Waals surface area (Å²) >= 11 is 1.59. The molecular formula is C29H25NO3S. The number of ether oxygens (including phenoxy) is 1. The maximum Gasteiger partial charge on any atom is 0.225 e. The second-order valence-electron chi connectivity index (χ2n) is 8.37. The Hall–Kier alpha value is -3.70. The fourth-order valence-corrected chi connectivity index (χ4v) is 5.33. The minimum atomic E-state index is -0.148. The molecule has 4 nitrogen and oxygen atoms in total. The van der Waals surface area contributed by atoms with Crippen LogP contribution in [-0.2, 0) is 17.6 Å².